The number of aromatic nitrogens is 1. The third kappa shape index (κ3) is 5.28. The molecule has 4 aromatic rings. The van der Waals surface area contributed by atoms with E-state index in [1.807, 2.05) is 22.8 Å². The lowest BCUT2D eigenvalue weighted by Gasteiger charge is -2.09. The quantitative estimate of drug-likeness (QED) is 0.354. The van der Waals surface area contributed by atoms with Crippen LogP contribution in [0.1, 0.15) is 10.4 Å². The first-order chi connectivity index (χ1) is 16.8. The van der Waals surface area contributed by atoms with Crippen molar-refractivity contribution in [2.45, 2.75) is 11.4 Å². The molecule has 0 aliphatic carbocycles. The van der Waals surface area contributed by atoms with E-state index in [-0.39, 0.29) is 16.1 Å². The van der Waals surface area contributed by atoms with Crippen molar-refractivity contribution in [1.82, 2.24) is 4.57 Å². The van der Waals surface area contributed by atoms with E-state index in [2.05, 4.69) is 16.3 Å². The summed E-state index contributed by atoms with van der Waals surface area (Å²) in [5.41, 5.74) is 1.41. The second-order valence-electron chi connectivity index (χ2n) is 7.40. The Labute approximate surface area is 206 Å². The summed E-state index contributed by atoms with van der Waals surface area (Å²) < 4.78 is 41.2. The van der Waals surface area contributed by atoms with E-state index in [0.29, 0.717) is 22.8 Å². The Kier molecular flexibility index (Phi) is 7.04. The molecule has 0 radical (unpaired) electrons. The average Bonchev–Trinajstić information content (AvgIpc) is 3.20. The molecule has 0 unspecified atom stereocenters. The number of ether oxygens (including phenoxy) is 2. The molecule has 8 nitrogen and oxygen atoms in total. The fourth-order valence-electron chi connectivity index (χ4n) is 3.41. The number of methoxy groups -OCH3 is 2. The highest BCUT2D eigenvalue weighted by atomic mass is 32.2. The number of nitrogens with one attached hydrogen (secondary N) is 1. The van der Waals surface area contributed by atoms with Gasteiger partial charge in [-0.25, -0.2) is 8.42 Å². The molecular formula is C25H23N3O5S2. The maximum absolute atomic E-state index is 13.0. The molecule has 0 fully saturated rings. The lowest BCUT2D eigenvalue weighted by atomic mass is 10.2. The van der Waals surface area contributed by atoms with E-state index >= 15 is 0 Å². The number of carbonyl (C=O) groups excluding carboxylic acids is 1. The summed E-state index contributed by atoms with van der Waals surface area (Å²) in [7, 11) is -0.752. The molecule has 0 aliphatic rings. The van der Waals surface area contributed by atoms with E-state index in [9.17, 15) is 13.2 Å². The minimum Gasteiger partial charge on any atom is -0.497 e. The zero-order valence-corrected chi connectivity index (χ0v) is 20.7. The van der Waals surface area contributed by atoms with Gasteiger partial charge in [-0.05, 0) is 60.7 Å². The van der Waals surface area contributed by atoms with E-state index < -0.39 is 15.9 Å². The summed E-state index contributed by atoms with van der Waals surface area (Å²) in [5, 5.41) is 0. The van der Waals surface area contributed by atoms with Crippen LogP contribution in [-0.2, 0) is 16.6 Å². The summed E-state index contributed by atoms with van der Waals surface area (Å²) in [4.78, 5) is 17.9. The Balaban J connectivity index is 1.65. The molecule has 0 saturated heterocycles. The largest absolute Gasteiger partial charge is 0.497 e. The fourth-order valence-corrected chi connectivity index (χ4v) is 5.52. The first kappa shape index (κ1) is 24.2. The van der Waals surface area contributed by atoms with Crippen LogP contribution < -0.4 is 19.0 Å². The number of allylic oxidation sites excluding steroid dienone is 1. The number of amides is 1. The second kappa shape index (κ2) is 10.2. The molecule has 1 aromatic heterocycles. The third-order valence-corrected chi connectivity index (χ3v) is 7.57. The minimum atomic E-state index is -3.85. The number of rotatable bonds is 8. The Morgan fingerprint density at radius 3 is 2.46 bits per heavy atom. The molecule has 0 spiro atoms. The molecule has 1 amide bonds. The molecule has 180 valence electrons. The van der Waals surface area contributed by atoms with Crippen molar-refractivity contribution < 1.29 is 22.7 Å². The highest BCUT2D eigenvalue weighted by Crippen LogP contribution is 2.24. The molecule has 0 saturated carbocycles. The van der Waals surface area contributed by atoms with Gasteiger partial charge in [0.2, 0.25) is 0 Å². The number of sulfonamides is 1. The van der Waals surface area contributed by atoms with Crippen molar-refractivity contribution in [3.63, 3.8) is 0 Å². The predicted molar refractivity (Wildman–Crippen MR) is 137 cm³/mol. The summed E-state index contributed by atoms with van der Waals surface area (Å²) in [6.45, 7) is 4.27. The number of anilines is 1. The topological polar surface area (TPSA) is 99.0 Å². The number of hydrogen-bond acceptors (Lipinski definition) is 6. The maximum Gasteiger partial charge on any atom is 0.279 e. The first-order valence-corrected chi connectivity index (χ1v) is 12.8. The van der Waals surface area contributed by atoms with Crippen LogP contribution in [0.2, 0.25) is 0 Å². The zero-order valence-electron chi connectivity index (χ0n) is 19.1. The fraction of sp³-hybridized carbons (Fsp3) is 0.120. The lowest BCUT2D eigenvalue weighted by Crippen LogP contribution is -2.16. The van der Waals surface area contributed by atoms with Crippen molar-refractivity contribution in [3.8, 4) is 11.5 Å². The van der Waals surface area contributed by atoms with Crippen molar-refractivity contribution in [3.05, 3.63) is 89.7 Å². The molecule has 3 aromatic carbocycles. The van der Waals surface area contributed by atoms with Crippen LogP contribution in [-0.4, -0.2) is 33.1 Å². The molecule has 0 bridgehead atoms. The molecule has 35 heavy (non-hydrogen) atoms. The second-order valence-corrected chi connectivity index (χ2v) is 10.1. The third-order valence-electron chi connectivity index (χ3n) is 5.13. The molecule has 0 atom stereocenters. The normalized spacial score (nSPS) is 11.9. The van der Waals surface area contributed by atoms with Crippen LogP contribution >= 0.6 is 11.3 Å². The van der Waals surface area contributed by atoms with Gasteiger partial charge in [0.25, 0.3) is 15.9 Å². The molecule has 10 heteroatoms. The van der Waals surface area contributed by atoms with Gasteiger partial charge in [0.1, 0.15) is 11.5 Å². The van der Waals surface area contributed by atoms with E-state index in [0.717, 1.165) is 10.2 Å². The van der Waals surface area contributed by atoms with Crippen LogP contribution in [0.3, 0.4) is 0 Å². The lowest BCUT2D eigenvalue weighted by molar-refractivity contribution is 0.0998. The monoisotopic (exact) mass is 509 g/mol. The van der Waals surface area contributed by atoms with Gasteiger partial charge in [0, 0.05) is 17.8 Å². The van der Waals surface area contributed by atoms with Crippen LogP contribution in [0.25, 0.3) is 10.2 Å². The number of nitrogens with zero attached hydrogens (tertiary/aromatic N) is 2. The first-order valence-electron chi connectivity index (χ1n) is 10.5. The van der Waals surface area contributed by atoms with Crippen LogP contribution in [0.5, 0.6) is 11.5 Å². The summed E-state index contributed by atoms with van der Waals surface area (Å²) in [6.07, 6.45) is 1.73. The van der Waals surface area contributed by atoms with Gasteiger partial charge >= 0.3 is 0 Å². The van der Waals surface area contributed by atoms with Crippen molar-refractivity contribution in [2.24, 2.45) is 4.99 Å². The SMILES string of the molecule is C=CCn1c(=NC(=O)c2cccc(NS(=O)(=O)c3ccc(OC)cc3)c2)sc2cc(OC)ccc21. The highest BCUT2D eigenvalue weighted by molar-refractivity contribution is 7.92. The van der Waals surface area contributed by atoms with Crippen LogP contribution in [0.15, 0.2) is 89.3 Å². The van der Waals surface area contributed by atoms with Crippen molar-refractivity contribution in [2.75, 3.05) is 18.9 Å². The van der Waals surface area contributed by atoms with Gasteiger partial charge in [0.15, 0.2) is 4.80 Å². The van der Waals surface area contributed by atoms with Crippen molar-refractivity contribution in [1.29, 1.82) is 0 Å². The number of benzene rings is 3. The Morgan fingerprint density at radius 2 is 1.77 bits per heavy atom. The molecule has 0 aliphatic heterocycles. The Bertz CT molecular complexity index is 1570. The minimum absolute atomic E-state index is 0.0749. The van der Waals surface area contributed by atoms with Gasteiger partial charge in [0.05, 0.1) is 29.3 Å². The Hall–Kier alpha value is -3.89. The molecular weight excluding hydrogens is 486 g/mol. The van der Waals surface area contributed by atoms with E-state index in [1.165, 1.54) is 36.6 Å². The van der Waals surface area contributed by atoms with Crippen molar-refractivity contribution >= 4 is 43.2 Å². The van der Waals surface area contributed by atoms with Crippen LogP contribution in [0.4, 0.5) is 5.69 Å². The van der Waals surface area contributed by atoms with Crippen LogP contribution in [0, 0.1) is 0 Å². The average molecular weight is 510 g/mol. The summed E-state index contributed by atoms with van der Waals surface area (Å²) in [6, 6.07) is 17.9. The zero-order chi connectivity index (χ0) is 25.0. The van der Waals surface area contributed by atoms with E-state index in [4.69, 9.17) is 9.47 Å². The summed E-state index contributed by atoms with van der Waals surface area (Å²) >= 11 is 1.36. The highest BCUT2D eigenvalue weighted by Gasteiger charge is 2.16. The van der Waals surface area contributed by atoms with Gasteiger partial charge in [-0.15, -0.1) is 6.58 Å². The number of hydrogen-bond donors (Lipinski definition) is 1. The molecule has 4 rings (SSSR count). The van der Waals surface area contributed by atoms with Gasteiger partial charge in [-0.3, -0.25) is 9.52 Å². The molecule has 1 heterocycles. The standard InChI is InChI=1S/C25H23N3O5S2/c1-4-14-28-22-13-10-20(33-3)16-23(22)34-25(28)26-24(29)17-6-5-7-18(15-17)27-35(30,31)21-11-8-19(32-2)9-12-21/h4-13,15-16,27H,1,14H2,2-3H3. The number of fused-ring (bicyclic) bond motifs is 1. The smallest absolute Gasteiger partial charge is 0.279 e. The van der Waals surface area contributed by atoms with E-state index in [1.54, 1.807) is 43.5 Å². The van der Waals surface area contributed by atoms with Gasteiger partial charge < -0.3 is 14.0 Å². The Morgan fingerprint density at radius 1 is 1.06 bits per heavy atom. The van der Waals surface area contributed by atoms with Gasteiger partial charge in [-0.1, -0.05) is 23.5 Å². The predicted octanol–water partition coefficient (Wildman–Crippen LogP) is 4.45. The molecule has 1 N–H and O–H groups in total. The number of thiazole rings is 1. The van der Waals surface area contributed by atoms with Gasteiger partial charge in [-0.2, -0.15) is 4.99 Å². The number of carbonyl (C=O) groups is 1. The summed E-state index contributed by atoms with van der Waals surface area (Å²) in [5.74, 6) is 0.762. The maximum atomic E-state index is 13.0.